The highest BCUT2D eigenvalue weighted by Gasteiger charge is 2.32. The number of esters is 1. The molecule has 0 radical (unpaired) electrons. The van der Waals surface area contributed by atoms with Crippen LogP contribution in [0.1, 0.15) is 69.8 Å². The molecule has 0 spiro atoms. The molecule has 0 aromatic heterocycles. The smallest absolute Gasteiger partial charge is 0.323 e. The van der Waals surface area contributed by atoms with E-state index in [1.54, 1.807) is 11.6 Å². The SMILES string of the molecule is O=C(/C=C/c1ccc(OCCCNC(C(=O)OC2CCCC2)C2CCCCC2)cc1)NO. The van der Waals surface area contributed by atoms with Crippen molar-refractivity contribution in [1.29, 1.82) is 0 Å². The van der Waals surface area contributed by atoms with Crippen molar-refractivity contribution in [2.45, 2.75) is 76.4 Å². The summed E-state index contributed by atoms with van der Waals surface area (Å²) in [6.07, 6.45) is 13.9. The Hall–Kier alpha value is -2.38. The number of nitrogens with one attached hydrogen (secondary N) is 2. The van der Waals surface area contributed by atoms with Crippen molar-refractivity contribution in [1.82, 2.24) is 10.8 Å². The van der Waals surface area contributed by atoms with E-state index >= 15 is 0 Å². The van der Waals surface area contributed by atoms with Crippen molar-refractivity contribution >= 4 is 18.0 Å². The zero-order valence-electron chi connectivity index (χ0n) is 18.8. The van der Waals surface area contributed by atoms with Crippen LogP contribution < -0.4 is 15.5 Å². The number of amides is 1. The zero-order chi connectivity index (χ0) is 22.6. The Morgan fingerprint density at radius 1 is 1.03 bits per heavy atom. The van der Waals surface area contributed by atoms with E-state index in [1.807, 2.05) is 24.3 Å². The lowest BCUT2D eigenvalue weighted by molar-refractivity contribution is -0.153. The molecular formula is C25H36N2O5. The maximum absolute atomic E-state index is 12.9. The molecule has 0 saturated heterocycles. The second-order valence-electron chi connectivity index (χ2n) is 8.75. The van der Waals surface area contributed by atoms with Crippen LogP contribution in [-0.4, -0.2) is 42.4 Å². The van der Waals surface area contributed by atoms with Crippen LogP contribution in [0, 0.1) is 5.92 Å². The van der Waals surface area contributed by atoms with E-state index in [1.165, 1.54) is 25.3 Å². The molecule has 0 heterocycles. The Labute approximate surface area is 190 Å². The van der Waals surface area contributed by atoms with Gasteiger partial charge in [0, 0.05) is 6.08 Å². The quantitative estimate of drug-likeness (QED) is 0.157. The summed E-state index contributed by atoms with van der Waals surface area (Å²) in [4.78, 5) is 23.9. The van der Waals surface area contributed by atoms with Crippen LogP contribution in [0.3, 0.4) is 0 Å². The largest absolute Gasteiger partial charge is 0.494 e. The van der Waals surface area contributed by atoms with E-state index in [-0.39, 0.29) is 18.1 Å². The summed E-state index contributed by atoms with van der Waals surface area (Å²) in [5.74, 6) is 0.477. The fourth-order valence-corrected chi connectivity index (χ4v) is 4.56. The van der Waals surface area contributed by atoms with Gasteiger partial charge in [0.1, 0.15) is 17.9 Å². The maximum atomic E-state index is 12.9. The van der Waals surface area contributed by atoms with Gasteiger partial charge in [0.15, 0.2) is 0 Å². The number of hydrogen-bond donors (Lipinski definition) is 3. The van der Waals surface area contributed by atoms with Crippen LogP contribution in [0.25, 0.3) is 6.08 Å². The number of hydrogen-bond acceptors (Lipinski definition) is 6. The van der Waals surface area contributed by atoms with Gasteiger partial charge < -0.3 is 14.8 Å². The molecule has 176 valence electrons. The van der Waals surface area contributed by atoms with E-state index in [0.717, 1.165) is 56.3 Å². The van der Waals surface area contributed by atoms with Crippen molar-refractivity contribution in [2.24, 2.45) is 5.92 Å². The Balaban J connectivity index is 1.41. The third-order valence-corrected chi connectivity index (χ3v) is 6.33. The van der Waals surface area contributed by atoms with Crippen LogP contribution in [-0.2, 0) is 14.3 Å². The average Bonchev–Trinajstić information content (AvgIpc) is 3.34. The molecule has 1 unspecified atom stereocenters. The number of carbonyl (C=O) groups excluding carboxylic acids is 2. The van der Waals surface area contributed by atoms with Crippen molar-refractivity contribution < 1.29 is 24.3 Å². The molecule has 32 heavy (non-hydrogen) atoms. The van der Waals surface area contributed by atoms with Gasteiger partial charge in [0.05, 0.1) is 6.61 Å². The monoisotopic (exact) mass is 444 g/mol. The van der Waals surface area contributed by atoms with Gasteiger partial charge in [-0.1, -0.05) is 31.4 Å². The molecule has 2 saturated carbocycles. The molecule has 2 aliphatic carbocycles. The first-order chi connectivity index (χ1) is 15.7. The molecule has 7 nitrogen and oxygen atoms in total. The van der Waals surface area contributed by atoms with Crippen molar-refractivity contribution in [2.75, 3.05) is 13.2 Å². The fourth-order valence-electron chi connectivity index (χ4n) is 4.56. The molecule has 3 N–H and O–H groups in total. The molecule has 7 heteroatoms. The topological polar surface area (TPSA) is 96.9 Å². The van der Waals surface area contributed by atoms with Crippen molar-refractivity contribution in [3.8, 4) is 5.75 Å². The number of ether oxygens (including phenoxy) is 2. The van der Waals surface area contributed by atoms with Gasteiger partial charge in [0.2, 0.25) is 0 Å². The summed E-state index contributed by atoms with van der Waals surface area (Å²) < 4.78 is 11.6. The summed E-state index contributed by atoms with van der Waals surface area (Å²) in [6.45, 7) is 1.25. The minimum Gasteiger partial charge on any atom is -0.494 e. The van der Waals surface area contributed by atoms with E-state index in [2.05, 4.69) is 5.32 Å². The zero-order valence-corrected chi connectivity index (χ0v) is 18.8. The van der Waals surface area contributed by atoms with E-state index < -0.39 is 5.91 Å². The molecule has 0 bridgehead atoms. The van der Waals surface area contributed by atoms with Gasteiger partial charge in [-0.15, -0.1) is 0 Å². The summed E-state index contributed by atoms with van der Waals surface area (Å²) in [5.41, 5.74) is 2.39. The molecule has 1 atom stereocenters. The highest BCUT2D eigenvalue weighted by atomic mass is 16.5. The maximum Gasteiger partial charge on any atom is 0.323 e. The third kappa shape index (κ3) is 7.95. The Bertz CT molecular complexity index is 737. The predicted octanol–water partition coefficient (Wildman–Crippen LogP) is 4.00. The predicted molar refractivity (Wildman–Crippen MR) is 122 cm³/mol. The second-order valence-corrected chi connectivity index (χ2v) is 8.75. The minimum atomic E-state index is -0.573. The number of benzene rings is 1. The molecule has 1 aromatic rings. The van der Waals surface area contributed by atoms with Gasteiger partial charge >= 0.3 is 5.97 Å². The van der Waals surface area contributed by atoms with Gasteiger partial charge in [-0.3, -0.25) is 14.8 Å². The number of carbonyl (C=O) groups is 2. The van der Waals surface area contributed by atoms with Gasteiger partial charge in [-0.2, -0.15) is 0 Å². The highest BCUT2D eigenvalue weighted by Crippen LogP contribution is 2.28. The van der Waals surface area contributed by atoms with Gasteiger partial charge in [-0.25, -0.2) is 5.48 Å². The first-order valence-corrected chi connectivity index (χ1v) is 11.9. The Morgan fingerprint density at radius 3 is 2.41 bits per heavy atom. The molecule has 0 aliphatic heterocycles. The second kappa shape index (κ2) is 13.2. The highest BCUT2D eigenvalue weighted by molar-refractivity contribution is 5.90. The first-order valence-electron chi connectivity index (χ1n) is 11.9. The van der Waals surface area contributed by atoms with Crippen LogP contribution in [0.4, 0.5) is 0 Å². The van der Waals surface area contributed by atoms with E-state index in [9.17, 15) is 9.59 Å². The summed E-state index contributed by atoms with van der Waals surface area (Å²) >= 11 is 0. The number of rotatable bonds is 11. The lowest BCUT2D eigenvalue weighted by Gasteiger charge is -2.30. The average molecular weight is 445 g/mol. The number of hydroxylamine groups is 1. The molecule has 2 fully saturated rings. The normalized spacial score (nSPS) is 18.5. The van der Waals surface area contributed by atoms with E-state index in [0.29, 0.717) is 19.1 Å². The standard InChI is InChI=1S/C25H36N2O5/c28-23(27-30)16-13-19-11-14-21(15-12-19)31-18-6-17-26-24(20-7-2-1-3-8-20)25(29)32-22-9-4-5-10-22/h11-16,20,22,24,26,30H,1-10,17-18H2,(H,27,28)/b16-13+. The molecule has 3 rings (SSSR count). The lowest BCUT2D eigenvalue weighted by Crippen LogP contribution is -2.46. The van der Waals surface area contributed by atoms with Crippen LogP contribution >= 0.6 is 0 Å². The van der Waals surface area contributed by atoms with E-state index in [4.69, 9.17) is 14.7 Å². The Kier molecular flexibility index (Phi) is 10.0. The molecule has 1 amide bonds. The fraction of sp³-hybridized carbons (Fsp3) is 0.600. The Morgan fingerprint density at radius 2 is 1.72 bits per heavy atom. The molecule has 2 aliphatic rings. The summed E-state index contributed by atoms with van der Waals surface area (Å²) in [7, 11) is 0. The summed E-state index contributed by atoms with van der Waals surface area (Å²) in [6, 6.07) is 7.15. The van der Waals surface area contributed by atoms with Crippen molar-refractivity contribution in [3.63, 3.8) is 0 Å². The van der Waals surface area contributed by atoms with Crippen LogP contribution in [0.15, 0.2) is 30.3 Å². The van der Waals surface area contributed by atoms with Gasteiger partial charge in [0.25, 0.3) is 5.91 Å². The molecule has 1 aromatic carbocycles. The third-order valence-electron chi connectivity index (χ3n) is 6.33. The van der Waals surface area contributed by atoms with Crippen LogP contribution in [0.5, 0.6) is 5.75 Å². The van der Waals surface area contributed by atoms with Crippen LogP contribution in [0.2, 0.25) is 0 Å². The van der Waals surface area contributed by atoms with Crippen molar-refractivity contribution in [3.05, 3.63) is 35.9 Å². The first kappa shape index (κ1) is 24.3. The summed E-state index contributed by atoms with van der Waals surface area (Å²) in [5, 5.41) is 12.0. The molecular weight excluding hydrogens is 408 g/mol. The van der Waals surface area contributed by atoms with Gasteiger partial charge in [-0.05, 0) is 81.2 Å². The minimum absolute atomic E-state index is 0.0664. The lowest BCUT2D eigenvalue weighted by atomic mass is 9.84.